The molecule has 2 atom stereocenters. The molecular formula is C21H22N2O4. The fourth-order valence-electron chi connectivity index (χ4n) is 4.47. The molecule has 1 fully saturated rings. The Bertz CT molecular complexity index is 903. The highest BCUT2D eigenvalue weighted by Crippen LogP contribution is 2.52. The molecule has 27 heavy (non-hydrogen) atoms. The molecule has 0 aliphatic carbocycles. The van der Waals surface area contributed by atoms with E-state index in [1.54, 1.807) is 17.9 Å². The molecule has 3 heterocycles. The molecule has 0 aromatic heterocycles. The second-order valence-corrected chi connectivity index (χ2v) is 7.63. The second-order valence-electron chi connectivity index (χ2n) is 7.63. The number of methoxy groups -OCH3 is 1. The molecule has 0 radical (unpaired) electrons. The molecule has 140 valence electrons. The quantitative estimate of drug-likeness (QED) is 0.493. The Balaban J connectivity index is 2.01. The third kappa shape index (κ3) is 2.43. The van der Waals surface area contributed by atoms with Gasteiger partial charge in [-0.15, -0.1) is 0 Å². The summed E-state index contributed by atoms with van der Waals surface area (Å²) in [5.74, 6) is -0.534. The van der Waals surface area contributed by atoms with Crippen LogP contribution in [0, 0.1) is 5.41 Å². The minimum absolute atomic E-state index is 0.0179. The maximum Gasteiger partial charge on any atom is 0.335 e. The topological polar surface area (TPSA) is 75.7 Å². The van der Waals surface area contributed by atoms with E-state index >= 15 is 0 Å². The van der Waals surface area contributed by atoms with Gasteiger partial charge in [-0.05, 0) is 31.4 Å². The Labute approximate surface area is 157 Å². The first kappa shape index (κ1) is 17.5. The minimum atomic E-state index is -0.922. The first-order valence-electron chi connectivity index (χ1n) is 9.07. The predicted molar refractivity (Wildman–Crippen MR) is 99.9 cm³/mol. The van der Waals surface area contributed by atoms with Gasteiger partial charge in [0, 0.05) is 29.9 Å². The normalized spacial score (nSPS) is 29.1. The van der Waals surface area contributed by atoms with E-state index in [0.29, 0.717) is 30.8 Å². The molecule has 4 rings (SSSR count). The smallest absolute Gasteiger partial charge is 0.335 e. The lowest BCUT2D eigenvalue weighted by atomic mass is 9.74. The van der Waals surface area contributed by atoms with E-state index in [1.807, 2.05) is 30.3 Å². The fourth-order valence-corrected chi connectivity index (χ4v) is 4.47. The molecule has 1 spiro atoms. The zero-order valence-corrected chi connectivity index (χ0v) is 15.5. The summed E-state index contributed by atoms with van der Waals surface area (Å²) in [6.45, 7) is 2.83. The molecule has 1 N–H and O–H groups in total. The number of allylic oxidation sites excluding steroid dienone is 1. The number of hydrogen-bond acceptors (Lipinski definition) is 5. The second kappa shape index (κ2) is 6.08. The lowest BCUT2D eigenvalue weighted by molar-refractivity contribution is -0.136. The van der Waals surface area contributed by atoms with Crippen LogP contribution < -0.4 is 5.32 Å². The van der Waals surface area contributed by atoms with Gasteiger partial charge in [0.2, 0.25) is 5.91 Å². The highest BCUT2D eigenvalue weighted by Gasteiger charge is 2.56. The molecule has 0 unspecified atom stereocenters. The van der Waals surface area contributed by atoms with Crippen molar-refractivity contribution in [1.29, 1.82) is 0 Å². The highest BCUT2D eigenvalue weighted by molar-refractivity contribution is 6.03. The number of nitrogens with zero attached hydrogens (tertiary/aromatic N) is 1. The molecule has 1 saturated heterocycles. The van der Waals surface area contributed by atoms with Gasteiger partial charge in [0.05, 0.1) is 12.7 Å². The summed E-state index contributed by atoms with van der Waals surface area (Å²) in [5.41, 5.74) is 0.844. The van der Waals surface area contributed by atoms with Crippen molar-refractivity contribution in [2.45, 2.75) is 25.2 Å². The first-order chi connectivity index (χ1) is 12.9. The van der Waals surface area contributed by atoms with Crippen LogP contribution in [0.2, 0.25) is 0 Å². The van der Waals surface area contributed by atoms with Gasteiger partial charge in [-0.25, -0.2) is 4.79 Å². The molecular weight excluding hydrogens is 344 g/mol. The van der Waals surface area contributed by atoms with Gasteiger partial charge in [0.15, 0.2) is 0 Å². The number of benzene rings is 1. The van der Waals surface area contributed by atoms with E-state index in [4.69, 9.17) is 4.74 Å². The lowest BCUT2D eigenvalue weighted by Gasteiger charge is -2.30. The van der Waals surface area contributed by atoms with Gasteiger partial charge < -0.3 is 19.7 Å². The van der Waals surface area contributed by atoms with Crippen LogP contribution in [0.3, 0.4) is 0 Å². The molecule has 3 aliphatic rings. The Hall–Kier alpha value is -2.89. The number of aldehydes is 1. The zero-order chi connectivity index (χ0) is 19.2. The predicted octanol–water partition coefficient (Wildman–Crippen LogP) is 2.17. The maximum atomic E-state index is 13.5. The molecule has 6 nitrogen and oxygen atoms in total. The van der Waals surface area contributed by atoms with Crippen LogP contribution in [0.25, 0.3) is 0 Å². The van der Waals surface area contributed by atoms with Crippen molar-refractivity contribution in [2.75, 3.05) is 25.5 Å². The summed E-state index contributed by atoms with van der Waals surface area (Å²) in [5, 5.41) is 3.32. The monoisotopic (exact) mass is 366 g/mol. The number of rotatable bonds is 2. The number of amides is 1. The molecule has 6 heteroatoms. The number of fused-ring (bicyclic) bond motifs is 2. The van der Waals surface area contributed by atoms with Gasteiger partial charge in [0.25, 0.3) is 0 Å². The summed E-state index contributed by atoms with van der Waals surface area (Å²) in [7, 11) is 1.32. The van der Waals surface area contributed by atoms with Crippen LogP contribution in [-0.2, 0) is 24.5 Å². The highest BCUT2D eigenvalue weighted by atomic mass is 16.5. The van der Waals surface area contributed by atoms with Gasteiger partial charge >= 0.3 is 5.97 Å². The molecule has 1 aromatic carbocycles. The van der Waals surface area contributed by atoms with Crippen LogP contribution in [0.1, 0.15) is 25.3 Å². The van der Waals surface area contributed by atoms with Crippen LogP contribution in [0.15, 0.2) is 47.7 Å². The summed E-state index contributed by atoms with van der Waals surface area (Å²) in [6.07, 6.45) is 5.23. The SMILES string of the molecule is COC(=O)C1=C2Nc3ccccc3[C@@]23CCN(CC=C[C@](C)(C=O)C1)C3=O. The molecule has 3 aliphatic heterocycles. The van der Waals surface area contributed by atoms with Crippen molar-refractivity contribution < 1.29 is 19.1 Å². The number of para-hydroxylation sites is 1. The number of esters is 1. The lowest BCUT2D eigenvalue weighted by Crippen LogP contribution is -2.40. The largest absolute Gasteiger partial charge is 0.466 e. The number of hydrogen-bond donors (Lipinski definition) is 1. The third-order valence-electron chi connectivity index (χ3n) is 5.87. The van der Waals surface area contributed by atoms with E-state index in [-0.39, 0.29) is 12.3 Å². The van der Waals surface area contributed by atoms with Crippen LogP contribution >= 0.6 is 0 Å². The summed E-state index contributed by atoms with van der Waals surface area (Å²) in [6, 6.07) is 7.64. The summed E-state index contributed by atoms with van der Waals surface area (Å²) >= 11 is 0. The van der Waals surface area contributed by atoms with E-state index in [9.17, 15) is 14.4 Å². The van der Waals surface area contributed by atoms with Gasteiger partial charge in [0.1, 0.15) is 11.7 Å². The van der Waals surface area contributed by atoms with E-state index < -0.39 is 16.8 Å². The number of anilines is 1. The average molecular weight is 366 g/mol. The van der Waals surface area contributed by atoms with E-state index in [1.165, 1.54) is 7.11 Å². The standard InChI is InChI=1S/C21H22N2O4/c1-20(13-24)8-5-10-23-11-9-21(19(23)26)15-6-3-4-7-16(15)22-17(21)14(12-20)18(25)27-2/h3-8,13,22H,9-12H2,1-2H3/t20-,21-/m0/s1. The van der Waals surface area contributed by atoms with Crippen molar-refractivity contribution in [1.82, 2.24) is 4.90 Å². The number of ether oxygens (including phenoxy) is 1. The van der Waals surface area contributed by atoms with Crippen molar-refractivity contribution in [3.8, 4) is 0 Å². The van der Waals surface area contributed by atoms with Gasteiger partial charge in [-0.2, -0.15) is 0 Å². The minimum Gasteiger partial charge on any atom is -0.466 e. The van der Waals surface area contributed by atoms with Gasteiger partial charge in [-0.3, -0.25) is 4.79 Å². The molecule has 2 bridgehead atoms. The Morgan fingerprint density at radius 1 is 1.33 bits per heavy atom. The Morgan fingerprint density at radius 2 is 2.11 bits per heavy atom. The van der Waals surface area contributed by atoms with Crippen molar-refractivity contribution in [2.24, 2.45) is 5.41 Å². The van der Waals surface area contributed by atoms with Crippen molar-refractivity contribution in [3.63, 3.8) is 0 Å². The Kier molecular flexibility index (Phi) is 3.94. The van der Waals surface area contributed by atoms with Crippen molar-refractivity contribution in [3.05, 3.63) is 53.3 Å². The number of carbonyl (C=O) groups excluding carboxylic acids is 3. The van der Waals surface area contributed by atoms with Crippen LogP contribution in [0.4, 0.5) is 5.69 Å². The fraction of sp³-hybridized carbons (Fsp3) is 0.381. The van der Waals surface area contributed by atoms with E-state index in [2.05, 4.69) is 5.32 Å². The summed E-state index contributed by atoms with van der Waals surface area (Å²) < 4.78 is 5.04. The maximum absolute atomic E-state index is 13.5. The number of nitrogens with one attached hydrogen (secondary N) is 1. The third-order valence-corrected chi connectivity index (χ3v) is 5.87. The zero-order valence-electron chi connectivity index (χ0n) is 15.5. The molecule has 1 amide bonds. The van der Waals surface area contributed by atoms with E-state index in [0.717, 1.165) is 17.5 Å². The van der Waals surface area contributed by atoms with Gasteiger partial charge in [-0.1, -0.05) is 30.4 Å². The summed E-state index contributed by atoms with van der Waals surface area (Å²) in [4.78, 5) is 39.8. The first-order valence-corrected chi connectivity index (χ1v) is 9.07. The molecule has 1 aromatic rings. The van der Waals surface area contributed by atoms with Crippen molar-refractivity contribution >= 4 is 23.9 Å². The van der Waals surface area contributed by atoms with Crippen LogP contribution in [-0.4, -0.2) is 43.3 Å². The Morgan fingerprint density at radius 3 is 2.85 bits per heavy atom. The number of carbonyl (C=O) groups is 3. The molecule has 0 saturated carbocycles. The van der Waals surface area contributed by atoms with Crippen LogP contribution in [0.5, 0.6) is 0 Å². The average Bonchev–Trinajstić information content (AvgIpc) is 3.18.